The van der Waals surface area contributed by atoms with Gasteiger partial charge in [-0.2, -0.15) is 0 Å². The molecule has 0 saturated heterocycles. The predicted molar refractivity (Wildman–Crippen MR) is 72.8 cm³/mol. The molecule has 4 heteroatoms. The second kappa shape index (κ2) is 4.57. The van der Waals surface area contributed by atoms with Crippen LogP contribution in [0.25, 0.3) is 0 Å². The van der Waals surface area contributed by atoms with Crippen molar-refractivity contribution in [2.24, 2.45) is 11.8 Å². The standard InChI is InChI=1S/C14H21N3S/c1-3-10-11(4-1)13(10)14-17-16-12(18-14)5-2-8-15-9-6-7-9/h9-11,13,15H,1-8H2. The second-order valence-corrected chi connectivity index (χ2v) is 7.24. The molecule has 2 unspecified atom stereocenters. The lowest BCUT2D eigenvalue weighted by atomic mass is 10.1. The molecule has 3 fully saturated rings. The fraction of sp³-hybridized carbons (Fsp3) is 0.857. The molecule has 1 heterocycles. The highest BCUT2D eigenvalue weighted by atomic mass is 32.1. The zero-order valence-electron chi connectivity index (χ0n) is 10.8. The first-order chi connectivity index (χ1) is 8.92. The van der Waals surface area contributed by atoms with Crippen molar-refractivity contribution in [3.05, 3.63) is 10.0 Å². The first-order valence-corrected chi connectivity index (χ1v) is 8.29. The lowest BCUT2D eigenvalue weighted by Gasteiger charge is -1.99. The third kappa shape index (κ3) is 2.21. The van der Waals surface area contributed by atoms with E-state index in [0.29, 0.717) is 0 Å². The highest BCUT2D eigenvalue weighted by molar-refractivity contribution is 7.11. The zero-order valence-corrected chi connectivity index (χ0v) is 11.6. The smallest absolute Gasteiger partial charge is 0.121 e. The van der Waals surface area contributed by atoms with Gasteiger partial charge in [-0.25, -0.2) is 0 Å². The normalized spacial score (nSPS) is 33.7. The maximum absolute atomic E-state index is 4.43. The molecule has 18 heavy (non-hydrogen) atoms. The average molecular weight is 263 g/mol. The Balaban J connectivity index is 1.26. The van der Waals surface area contributed by atoms with Gasteiger partial charge >= 0.3 is 0 Å². The second-order valence-electron chi connectivity index (χ2n) is 6.15. The van der Waals surface area contributed by atoms with Crippen molar-refractivity contribution in [3.63, 3.8) is 0 Å². The van der Waals surface area contributed by atoms with E-state index < -0.39 is 0 Å². The molecule has 1 aromatic heterocycles. The van der Waals surface area contributed by atoms with Crippen molar-refractivity contribution in [2.45, 2.75) is 56.9 Å². The number of nitrogens with zero attached hydrogens (tertiary/aromatic N) is 2. The van der Waals surface area contributed by atoms with E-state index in [9.17, 15) is 0 Å². The molecule has 4 rings (SSSR count). The first kappa shape index (κ1) is 11.4. The molecule has 1 aromatic rings. The summed E-state index contributed by atoms with van der Waals surface area (Å²) in [5, 5.41) is 15.0. The summed E-state index contributed by atoms with van der Waals surface area (Å²) >= 11 is 1.88. The van der Waals surface area contributed by atoms with Gasteiger partial charge in [-0.3, -0.25) is 0 Å². The third-order valence-corrected chi connectivity index (χ3v) is 5.84. The molecule has 3 saturated carbocycles. The number of hydrogen-bond donors (Lipinski definition) is 1. The fourth-order valence-electron chi connectivity index (χ4n) is 3.52. The van der Waals surface area contributed by atoms with Crippen LogP contribution in [0, 0.1) is 11.8 Å². The molecular weight excluding hydrogens is 242 g/mol. The summed E-state index contributed by atoms with van der Waals surface area (Å²) in [7, 11) is 0. The summed E-state index contributed by atoms with van der Waals surface area (Å²) in [6.07, 6.45) is 9.42. The predicted octanol–water partition coefficient (Wildman–Crippen LogP) is 2.74. The molecule has 98 valence electrons. The van der Waals surface area contributed by atoms with E-state index in [4.69, 9.17) is 0 Å². The van der Waals surface area contributed by atoms with Crippen molar-refractivity contribution in [1.29, 1.82) is 0 Å². The first-order valence-electron chi connectivity index (χ1n) is 7.47. The Labute approximate surface area is 112 Å². The van der Waals surface area contributed by atoms with Crippen LogP contribution in [0.4, 0.5) is 0 Å². The SMILES string of the molecule is C(CNC1CC1)Cc1nnc(C2C3CCCC32)s1. The fourth-order valence-corrected chi connectivity index (χ4v) is 4.66. The van der Waals surface area contributed by atoms with Crippen LogP contribution in [0.3, 0.4) is 0 Å². The lowest BCUT2D eigenvalue weighted by molar-refractivity contribution is 0.642. The van der Waals surface area contributed by atoms with Crippen LogP contribution >= 0.6 is 11.3 Å². The van der Waals surface area contributed by atoms with E-state index in [1.165, 1.54) is 48.5 Å². The molecule has 0 aromatic carbocycles. The monoisotopic (exact) mass is 263 g/mol. The molecule has 0 amide bonds. The maximum Gasteiger partial charge on any atom is 0.121 e. The van der Waals surface area contributed by atoms with Gasteiger partial charge in [-0.15, -0.1) is 21.5 Å². The van der Waals surface area contributed by atoms with Crippen molar-refractivity contribution in [3.8, 4) is 0 Å². The number of nitrogens with one attached hydrogen (secondary N) is 1. The van der Waals surface area contributed by atoms with Crippen LogP contribution in [0.5, 0.6) is 0 Å². The molecule has 2 atom stereocenters. The Hall–Kier alpha value is -0.480. The molecule has 0 bridgehead atoms. The largest absolute Gasteiger partial charge is 0.314 e. The molecular formula is C14H21N3S. The van der Waals surface area contributed by atoms with Gasteiger partial charge in [-0.05, 0) is 50.5 Å². The lowest BCUT2D eigenvalue weighted by Crippen LogP contribution is -2.17. The van der Waals surface area contributed by atoms with Crippen LogP contribution in [0.15, 0.2) is 0 Å². The maximum atomic E-state index is 4.43. The summed E-state index contributed by atoms with van der Waals surface area (Å²) < 4.78 is 0. The van der Waals surface area contributed by atoms with Crippen molar-refractivity contribution >= 4 is 11.3 Å². The molecule has 0 radical (unpaired) electrons. The number of fused-ring (bicyclic) bond motifs is 1. The van der Waals surface area contributed by atoms with Crippen LogP contribution in [-0.4, -0.2) is 22.8 Å². The molecule has 1 N–H and O–H groups in total. The number of aromatic nitrogens is 2. The third-order valence-electron chi connectivity index (χ3n) is 4.75. The Morgan fingerprint density at radius 1 is 1.11 bits per heavy atom. The Kier molecular flexibility index (Phi) is 2.88. The van der Waals surface area contributed by atoms with Crippen LogP contribution < -0.4 is 5.32 Å². The average Bonchev–Trinajstić information content (AvgIpc) is 3.23. The van der Waals surface area contributed by atoms with E-state index in [1.807, 2.05) is 11.3 Å². The van der Waals surface area contributed by atoms with Gasteiger partial charge in [0.05, 0.1) is 0 Å². The minimum atomic E-state index is 0.801. The topological polar surface area (TPSA) is 37.8 Å². The number of aryl methyl sites for hydroxylation is 1. The van der Waals surface area contributed by atoms with Crippen molar-refractivity contribution in [2.75, 3.05) is 6.54 Å². The number of rotatable bonds is 6. The van der Waals surface area contributed by atoms with Crippen molar-refractivity contribution < 1.29 is 0 Å². The van der Waals surface area contributed by atoms with Gasteiger partial charge in [0, 0.05) is 18.4 Å². The Morgan fingerprint density at radius 2 is 1.94 bits per heavy atom. The number of hydrogen-bond acceptors (Lipinski definition) is 4. The van der Waals surface area contributed by atoms with Gasteiger partial charge < -0.3 is 5.32 Å². The zero-order chi connectivity index (χ0) is 11.9. The Bertz CT molecular complexity index is 416. The van der Waals surface area contributed by atoms with E-state index >= 15 is 0 Å². The minimum absolute atomic E-state index is 0.801. The highest BCUT2D eigenvalue weighted by Gasteiger charge is 2.54. The molecule has 3 nitrogen and oxygen atoms in total. The van der Waals surface area contributed by atoms with Gasteiger partial charge in [0.25, 0.3) is 0 Å². The summed E-state index contributed by atoms with van der Waals surface area (Å²) in [6, 6.07) is 0.834. The quantitative estimate of drug-likeness (QED) is 0.802. The summed E-state index contributed by atoms with van der Waals surface area (Å²) in [5.41, 5.74) is 0. The van der Waals surface area contributed by atoms with Gasteiger partial charge in [0.1, 0.15) is 10.0 Å². The Morgan fingerprint density at radius 3 is 2.72 bits per heavy atom. The van der Waals surface area contributed by atoms with Crippen LogP contribution in [0.2, 0.25) is 0 Å². The van der Waals surface area contributed by atoms with E-state index in [1.54, 1.807) is 0 Å². The molecule has 3 aliphatic carbocycles. The minimum Gasteiger partial charge on any atom is -0.314 e. The van der Waals surface area contributed by atoms with Crippen LogP contribution in [0.1, 0.15) is 54.5 Å². The van der Waals surface area contributed by atoms with Gasteiger partial charge in [-0.1, -0.05) is 6.42 Å². The molecule has 0 aliphatic heterocycles. The summed E-state index contributed by atoms with van der Waals surface area (Å²) in [4.78, 5) is 0. The highest BCUT2D eigenvalue weighted by Crippen LogP contribution is 2.63. The summed E-state index contributed by atoms with van der Waals surface area (Å²) in [6.45, 7) is 1.15. The van der Waals surface area contributed by atoms with Gasteiger partial charge in [0.15, 0.2) is 0 Å². The van der Waals surface area contributed by atoms with E-state index in [-0.39, 0.29) is 0 Å². The molecule has 0 spiro atoms. The molecule has 3 aliphatic rings. The van der Waals surface area contributed by atoms with Crippen molar-refractivity contribution in [1.82, 2.24) is 15.5 Å². The summed E-state index contributed by atoms with van der Waals surface area (Å²) in [5.74, 6) is 2.75. The van der Waals surface area contributed by atoms with E-state index in [2.05, 4.69) is 15.5 Å². The van der Waals surface area contributed by atoms with Gasteiger partial charge in [0.2, 0.25) is 0 Å². The van der Waals surface area contributed by atoms with Crippen LogP contribution in [-0.2, 0) is 6.42 Å². The van der Waals surface area contributed by atoms with E-state index in [0.717, 1.165) is 36.8 Å².